The standard InChI is InChI=1S/C21H26ClNOS/c1-5-18-20(25-13-14-6-9-16(22)10-7-14)23-17-12-15(21(2,3)4)8-11-19(17)24-18/h6-12,18,20,23H,5,13H2,1-4H3. The summed E-state index contributed by atoms with van der Waals surface area (Å²) in [6.07, 6.45) is 1.15. The van der Waals surface area contributed by atoms with Gasteiger partial charge in [0.05, 0.1) is 5.69 Å². The largest absolute Gasteiger partial charge is 0.485 e. The first-order valence-electron chi connectivity index (χ1n) is 8.80. The molecule has 0 radical (unpaired) electrons. The predicted molar refractivity (Wildman–Crippen MR) is 110 cm³/mol. The molecule has 134 valence electrons. The first-order chi connectivity index (χ1) is 11.9. The molecule has 25 heavy (non-hydrogen) atoms. The lowest BCUT2D eigenvalue weighted by Gasteiger charge is -2.35. The molecule has 3 rings (SSSR count). The minimum Gasteiger partial charge on any atom is -0.485 e. The van der Waals surface area contributed by atoms with Crippen LogP contribution in [-0.4, -0.2) is 11.5 Å². The number of rotatable bonds is 4. The van der Waals surface area contributed by atoms with Crippen molar-refractivity contribution in [1.29, 1.82) is 0 Å². The molecule has 0 fully saturated rings. The van der Waals surface area contributed by atoms with Crippen molar-refractivity contribution >= 4 is 29.1 Å². The van der Waals surface area contributed by atoms with E-state index in [1.807, 2.05) is 23.9 Å². The van der Waals surface area contributed by atoms with E-state index in [0.717, 1.165) is 28.6 Å². The third-order valence-electron chi connectivity index (χ3n) is 4.50. The number of thioether (sulfide) groups is 1. The van der Waals surface area contributed by atoms with Crippen LogP contribution < -0.4 is 10.1 Å². The van der Waals surface area contributed by atoms with Gasteiger partial charge < -0.3 is 10.1 Å². The number of hydrogen-bond acceptors (Lipinski definition) is 3. The lowest BCUT2D eigenvalue weighted by atomic mass is 9.86. The van der Waals surface area contributed by atoms with Gasteiger partial charge in [-0.15, -0.1) is 11.8 Å². The molecule has 2 nitrogen and oxygen atoms in total. The number of ether oxygens (including phenoxy) is 1. The average molecular weight is 376 g/mol. The van der Waals surface area contributed by atoms with Crippen LogP contribution in [0.2, 0.25) is 5.02 Å². The number of anilines is 1. The Balaban J connectivity index is 1.75. The number of halogens is 1. The quantitative estimate of drug-likeness (QED) is 0.660. The fourth-order valence-corrected chi connectivity index (χ4v) is 4.26. The van der Waals surface area contributed by atoms with Gasteiger partial charge >= 0.3 is 0 Å². The molecule has 1 aliphatic heterocycles. The second-order valence-electron chi connectivity index (χ2n) is 7.53. The monoisotopic (exact) mass is 375 g/mol. The summed E-state index contributed by atoms with van der Waals surface area (Å²) in [5.41, 5.74) is 3.83. The Labute approximate surface area is 160 Å². The van der Waals surface area contributed by atoms with E-state index < -0.39 is 0 Å². The Morgan fingerprint density at radius 3 is 2.48 bits per heavy atom. The highest BCUT2D eigenvalue weighted by Gasteiger charge is 2.29. The Bertz CT molecular complexity index is 724. The fraction of sp³-hybridized carbons (Fsp3) is 0.429. The highest BCUT2D eigenvalue weighted by molar-refractivity contribution is 7.99. The summed E-state index contributed by atoms with van der Waals surface area (Å²) >= 11 is 7.86. The van der Waals surface area contributed by atoms with Crippen molar-refractivity contribution in [3.05, 3.63) is 58.6 Å². The van der Waals surface area contributed by atoms with Crippen LogP contribution in [0, 0.1) is 0 Å². The van der Waals surface area contributed by atoms with Gasteiger partial charge in [-0.1, -0.05) is 57.5 Å². The van der Waals surface area contributed by atoms with Crippen LogP contribution in [0.5, 0.6) is 5.75 Å². The number of hydrogen-bond donors (Lipinski definition) is 1. The molecule has 2 aromatic rings. The summed E-state index contributed by atoms with van der Waals surface area (Å²) in [5, 5.41) is 4.72. The molecule has 2 atom stereocenters. The zero-order valence-corrected chi connectivity index (χ0v) is 16.9. The predicted octanol–water partition coefficient (Wildman–Crippen LogP) is 6.48. The molecule has 1 aliphatic rings. The molecular weight excluding hydrogens is 350 g/mol. The van der Waals surface area contributed by atoms with E-state index in [2.05, 4.69) is 63.3 Å². The van der Waals surface area contributed by atoms with Gasteiger partial charge in [0.15, 0.2) is 0 Å². The van der Waals surface area contributed by atoms with Crippen LogP contribution in [0.3, 0.4) is 0 Å². The Hall–Kier alpha value is -1.32. The summed E-state index contributed by atoms with van der Waals surface area (Å²) in [6.45, 7) is 8.89. The highest BCUT2D eigenvalue weighted by atomic mass is 35.5. The first kappa shape index (κ1) is 18.5. The van der Waals surface area contributed by atoms with Gasteiger partial charge in [-0.25, -0.2) is 0 Å². The van der Waals surface area contributed by atoms with E-state index in [4.69, 9.17) is 16.3 Å². The number of nitrogens with one attached hydrogen (secondary N) is 1. The van der Waals surface area contributed by atoms with E-state index in [-0.39, 0.29) is 16.9 Å². The zero-order chi connectivity index (χ0) is 18.0. The molecule has 0 spiro atoms. The smallest absolute Gasteiger partial charge is 0.143 e. The molecule has 0 saturated heterocycles. The minimum atomic E-state index is 0.129. The number of fused-ring (bicyclic) bond motifs is 1. The van der Waals surface area contributed by atoms with Gasteiger partial charge in [-0.2, -0.15) is 0 Å². The molecule has 4 heteroatoms. The summed E-state index contributed by atoms with van der Waals surface area (Å²) in [7, 11) is 0. The van der Waals surface area contributed by atoms with Gasteiger partial charge in [-0.05, 0) is 47.2 Å². The van der Waals surface area contributed by atoms with E-state index in [1.54, 1.807) is 0 Å². The molecule has 0 saturated carbocycles. The van der Waals surface area contributed by atoms with Crippen LogP contribution in [0.15, 0.2) is 42.5 Å². The van der Waals surface area contributed by atoms with Crippen LogP contribution in [0.1, 0.15) is 45.2 Å². The van der Waals surface area contributed by atoms with E-state index in [1.165, 1.54) is 11.1 Å². The van der Waals surface area contributed by atoms with Crippen molar-refractivity contribution in [2.75, 3.05) is 5.32 Å². The summed E-state index contributed by atoms with van der Waals surface area (Å²) in [6, 6.07) is 14.6. The lowest BCUT2D eigenvalue weighted by Crippen LogP contribution is -2.39. The van der Waals surface area contributed by atoms with Gasteiger partial charge in [0, 0.05) is 10.8 Å². The van der Waals surface area contributed by atoms with Crippen LogP contribution in [-0.2, 0) is 11.2 Å². The molecule has 1 N–H and O–H groups in total. The van der Waals surface area contributed by atoms with E-state index >= 15 is 0 Å². The fourth-order valence-electron chi connectivity index (χ4n) is 2.90. The third-order valence-corrected chi connectivity index (χ3v) is 6.04. The van der Waals surface area contributed by atoms with E-state index in [9.17, 15) is 0 Å². The zero-order valence-electron chi connectivity index (χ0n) is 15.3. The molecule has 0 bridgehead atoms. The average Bonchev–Trinajstić information content (AvgIpc) is 2.59. The molecule has 0 aromatic heterocycles. The van der Waals surface area contributed by atoms with Crippen LogP contribution in [0.25, 0.3) is 0 Å². The second-order valence-corrected chi connectivity index (χ2v) is 9.09. The second kappa shape index (κ2) is 7.51. The maximum absolute atomic E-state index is 6.26. The van der Waals surface area contributed by atoms with Crippen molar-refractivity contribution in [3.63, 3.8) is 0 Å². The highest BCUT2D eigenvalue weighted by Crippen LogP contribution is 2.39. The topological polar surface area (TPSA) is 21.3 Å². The molecule has 0 amide bonds. The molecule has 2 unspecified atom stereocenters. The van der Waals surface area contributed by atoms with Gasteiger partial charge in [0.25, 0.3) is 0 Å². The lowest BCUT2D eigenvalue weighted by molar-refractivity contribution is 0.191. The first-order valence-corrected chi connectivity index (χ1v) is 10.2. The van der Waals surface area contributed by atoms with Crippen molar-refractivity contribution in [3.8, 4) is 5.75 Å². The Morgan fingerprint density at radius 1 is 1.12 bits per heavy atom. The molecule has 1 heterocycles. The Morgan fingerprint density at radius 2 is 1.84 bits per heavy atom. The maximum Gasteiger partial charge on any atom is 0.143 e. The SMILES string of the molecule is CCC1Oc2ccc(C(C)(C)C)cc2NC1SCc1ccc(Cl)cc1. The van der Waals surface area contributed by atoms with Crippen molar-refractivity contribution in [2.45, 2.75) is 56.8 Å². The number of benzene rings is 2. The molecule has 2 aromatic carbocycles. The maximum atomic E-state index is 6.26. The van der Waals surface area contributed by atoms with Crippen molar-refractivity contribution in [2.24, 2.45) is 0 Å². The van der Waals surface area contributed by atoms with Crippen molar-refractivity contribution in [1.82, 2.24) is 0 Å². The minimum absolute atomic E-state index is 0.129. The van der Waals surface area contributed by atoms with Crippen LogP contribution in [0.4, 0.5) is 5.69 Å². The summed E-state index contributed by atoms with van der Waals surface area (Å²) < 4.78 is 6.26. The van der Waals surface area contributed by atoms with Gasteiger partial charge in [0.2, 0.25) is 0 Å². The van der Waals surface area contributed by atoms with Crippen molar-refractivity contribution < 1.29 is 4.74 Å². The van der Waals surface area contributed by atoms with Gasteiger partial charge in [0.1, 0.15) is 17.2 Å². The molecule has 0 aliphatic carbocycles. The van der Waals surface area contributed by atoms with E-state index in [0.29, 0.717) is 0 Å². The van der Waals surface area contributed by atoms with Gasteiger partial charge in [-0.3, -0.25) is 0 Å². The normalized spacial score (nSPS) is 19.7. The third kappa shape index (κ3) is 4.45. The Kier molecular flexibility index (Phi) is 5.55. The summed E-state index contributed by atoms with van der Waals surface area (Å²) in [4.78, 5) is 0. The molecular formula is C21H26ClNOS. The van der Waals surface area contributed by atoms with Crippen LogP contribution >= 0.6 is 23.4 Å². The summed E-state index contributed by atoms with van der Waals surface area (Å²) in [5.74, 6) is 1.89.